The molecule has 0 radical (unpaired) electrons. The molecule has 2 aromatic carbocycles. The average Bonchev–Trinajstić information content (AvgIpc) is 2.44. The minimum absolute atomic E-state index is 0.130. The lowest BCUT2D eigenvalue weighted by Crippen LogP contribution is -2.03. The summed E-state index contributed by atoms with van der Waals surface area (Å²) in [4.78, 5) is 0.130. The van der Waals surface area contributed by atoms with E-state index >= 15 is 0 Å². The quantitative estimate of drug-likeness (QED) is 0.850. The topological polar surface area (TPSA) is 52.6 Å². The molecule has 0 bridgehead atoms. The second-order valence-corrected chi connectivity index (χ2v) is 6.32. The SMILES string of the molecule is COc1c(OCc2ccccc2)cccc1S(C)(=O)=O. The predicted molar refractivity (Wildman–Crippen MR) is 76.9 cm³/mol. The number of hydrogen-bond donors (Lipinski definition) is 0. The molecule has 5 heteroatoms. The summed E-state index contributed by atoms with van der Waals surface area (Å²) in [6.45, 7) is 0.352. The molecule has 2 aromatic rings. The zero-order valence-electron chi connectivity index (χ0n) is 11.4. The third-order valence-corrected chi connectivity index (χ3v) is 3.90. The van der Waals surface area contributed by atoms with Gasteiger partial charge in [-0.25, -0.2) is 8.42 Å². The first kappa shape index (κ1) is 14.4. The Balaban J connectivity index is 2.29. The van der Waals surface area contributed by atoms with E-state index in [1.807, 2.05) is 30.3 Å². The Morgan fingerprint density at radius 2 is 1.70 bits per heavy atom. The van der Waals surface area contributed by atoms with Crippen LogP contribution >= 0.6 is 0 Å². The monoisotopic (exact) mass is 292 g/mol. The normalized spacial score (nSPS) is 11.1. The molecule has 0 aliphatic carbocycles. The molecule has 0 spiro atoms. The highest BCUT2D eigenvalue weighted by Gasteiger charge is 2.18. The first-order valence-corrected chi connectivity index (χ1v) is 7.95. The molecule has 0 atom stereocenters. The summed E-state index contributed by atoms with van der Waals surface area (Å²) in [7, 11) is -1.93. The fraction of sp³-hybridized carbons (Fsp3) is 0.200. The molecule has 2 rings (SSSR count). The van der Waals surface area contributed by atoms with E-state index < -0.39 is 9.84 Å². The highest BCUT2D eigenvalue weighted by Crippen LogP contribution is 2.34. The summed E-state index contributed by atoms with van der Waals surface area (Å²) in [6, 6.07) is 14.5. The second-order valence-electron chi connectivity index (χ2n) is 4.33. The van der Waals surface area contributed by atoms with Crippen molar-refractivity contribution < 1.29 is 17.9 Å². The minimum atomic E-state index is -3.36. The molecule has 20 heavy (non-hydrogen) atoms. The Bertz CT molecular complexity index is 678. The van der Waals surface area contributed by atoms with Crippen molar-refractivity contribution in [1.29, 1.82) is 0 Å². The van der Waals surface area contributed by atoms with Gasteiger partial charge in [0.2, 0.25) is 0 Å². The van der Waals surface area contributed by atoms with Gasteiger partial charge in [0, 0.05) is 6.26 Å². The molecular formula is C15H16O4S. The Kier molecular flexibility index (Phi) is 4.29. The maximum atomic E-state index is 11.7. The van der Waals surface area contributed by atoms with Gasteiger partial charge in [-0.3, -0.25) is 0 Å². The fourth-order valence-electron chi connectivity index (χ4n) is 1.84. The van der Waals surface area contributed by atoms with E-state index in [0.717, 1.165) is 11.8 Å². The van der Waals surface area contributed by atoms with Crippen molar-refractivity contribution in [1.82, 2.24) is 0 Å². The molecule has 0 aliphatic rings. The zero-order valence-corrected chi connectivity index (χ0v) is 12.2. The van der Waals surface area contributed by atoms with Crippen molar-refractivity contribution in [3.8, 4) is 11.5 Å². The fourth-order valence-corrected chi connectivity index (χ4v) is 2.68. The zero-order chi connectivity index (χ0) is 14.6. The van der Waals surface area contributed by atoms with Gasteiger partial charge < -0.3 is 9.47 Å². The van der Waals surface area contributed by atoms with Crippen LogP contribution in [-0.4, -0.2) is 21.8 Å². The van der Waals surface area contributed by atoms with E-state index in [1.165, 1.54) is 13.2 Å². The number of para-hydroxylation sites is 1. The third-order valence-electron chi connectivity index (χ3n) is 2.78. The maximum absolute atomic E-state index is 11.7. The molecule has 0 amide bonds. The van der Waals surface area contributed by atoms with Crippen molar-refractivity contribution in [2.75, 3.05) is 13.4 Å². The average molecular weight is 292 g/mol. The Hall–Kier alpha value is -2.01. The Morgan fingerprint density at radius 3 is 2.30 bits per heavy atom. The minimum Gasteiger partial charge on any atom is -0.492 e. The largest absolute Gasteiger partial charge is 0.492 e. The standard InChI is InChI=1S/C15H16O4S/c1-18-15-13(9-6-10-14(15)20(2,16)17)19-11-12-7-4-3-5-8-12/h3-10H,11H2,1-2H3. The number of rotatable bonds is 5. The van der Waals surface area contributed by atoms with Gasteiger partial charge >= 0.3 is 0 Å². The van der Waals surface area contributed by atoms with Crippen LogP contribution in [0.1, 0.15) is 5.56 Å². The second kappa shape index (κ2) is 5.96. The van der Waals surface area contributed by atoms with Crippen LogP contribution in [-0.2, 0) is 16.4 Å². The van der Waals surface area contributed by atoms with Gasteiger partial charge in [0.1, 0.15) is 11.5 Å². The highest BCUT2D eigenvalue weighted by atomic mass is 32.2. The lowest BCUT2D eigenvalue weighted by atomic mass is 10.2. The molecule has 0 aliphatic heterocycles. The van der Waals surface area contributed by atoms with Crippen LogP contribution in [0.4, 0.5) is 0 Å². The number of hydrogen-bond acceptors (Lipinski definition) is 4. The van der Waals surface area contributed by atoms with Crippen LogP contribution in [0.25, 0.3) is 0 Å². The Labute approximate surface area is 118 Å². The van der Waals surface area contributed by atoms with Gasteiger partial charge in [0.15, 0.2) is 21.3 Å². The van der Waals surface area contributed by atoms with E-state index in [2.05, 4.69) is 0 Å². The number of ether oxygens (including phenoxy) is 2. The van der Waals surface area contributed by atoms with Gasteiger partial charge in [-0.05, 0) is 17.7 Å². The molecule has 106 valence electrons. The van der Waals surface area contributed by atoms with Crippen molar-refractivity contribution >= 4 is 9.84 Å². The molecule has 0 aromatic heterocycles. The van der Waals surface area contributed by atoms with Gasteiger partial charge in [0.25, 0.3) is 0 Å². The summed E-state index contributed by atoms with van der Waals surface area (Å²) in [6.07, 6.45) is 1.14. The molecular weight excluding hydrogens is 276 g/mol. The predicted octanol–water partition coefficient (Wildman–Crippen LogP) is 2.68. The molecule has 0 saturated heterocycles. The van der Waals surface area contributed by atoms with Crippen LogP contribution in [0, 0.1) is 0 Å². The summed E-state index contributed by atoms with van der Waals surface area (Å²) < 4.78 is 34.3. The number of benzene rings is 2. The maximum Gasteiger partial charge on any atom is 0.179 e. The summed E-state index contributed by atoms with van der Waals surface area (Å²) in [5, 5.41) is 0. The van der Waals surface area contributed by atoms with Crippen molar-refractivity contribution in [2.45, 2.75) is 11.5 Å². The van der Waals surface area contributed by atoms with E-state index in [9.17, 15) is 8.42 Å². The van der Waals surface area contributed by atoms with Crippen molar-refractivity contribution in [3.63, 3.8) is 0 Å². The first-order chi connectivity index (χ1) is 9.52. The van der Waals surface area contributed by atoms with E-state index in [4.69, 9.17) is 9.47 Å². The molecule has 4 nitrogen and oxygen atoms in total. The lowest BCUT2D eigenvalue weighted by Gasteiger charge is -2.13. The van der Waals surface area contributed by atoms with Crippen LogP contribution in [0.2, 0.25) is 0 Å². The van der Waals surface area contributed by atoms with Crippen LogP contribution in [0.15, 0.2) is 53.4 Å². The highest BCUT2D eigenvalue weighted by molar-refractivity contribution is 7.90. The van der Waals surface area contributed by atoms with E-state index in [1.54, 1.807) is 12.1 Å². The molecule has 0 N–H and O–H groups in total. The van der Waals surface area contributed by atoms with Gasteiger partial charge in [0.05, 0.1) is 7.11 Å². The van der Waals surface area contributed by atoms with E-state index in [-0.39, 0.29) is 10.6 Å². The molecule has 0 saturated carbocycles. The number of sulfone groups is 1. The van der Waals surface area contributed by atoms with Gasteiger partial charge in [-0.2, -0.15) is 0 Å². The number of methoxy groups -OCH3 is 1. The van der Waals surface area contributed by atoms with Crippen LogP contribution in [0.5, 0.6) is 11.5 Å². The Morgan fingerprint density at radius 1 is 1.00 bits per heavy atom. The summed E-state index contributed by atoms with van der Waals surface area (Å²) in [5.41, 5.74) is 0.999. The van der Waals surface area contributed by atoms with Gasteiger partial charge in [-0.1, -0.05) is 36.4 Å². The molecule has 0 fully saturated rings. The molecule has 0 heterocycles. The summed E-state index contributed by atoms with van der Waals surface area (Å²) >= 11 is 0. The lowest BCUT2D eigenvalue weighted by molar-refractivity contribution is 0.281. The third kappa shape index (κ3) is 3.30. The molecule has 0 unspecified atom stereocenters. The smallest absolute Gasteiger partial charge is 0.179 e. The van der Waals surface area contributed by atoms with Gasteiger partial charge in [-0.15, -0.1) is 0 Å². The first-order valence-electron chi connectivity index (χ1n) is 6.06. The van der Waals surface area contributed by atoms with Crippen molar-refractivity contribution in [2.24, 2.45) is 0 Å². The van der Waals surface area contributed by atoms with Crippen LogP contribution in [0.3, 0.4) is 0 Å². The van der Waals surface area contributed by atoms with Crippen LogP contribution < -0.4 is 9.47 Å². The van der Waals surface area contributed by atoms with E-state index in [0.29, 0.717) is 12.4 Å². The summed E-state index contributed by atoms with van der Waals surface area (Å²) in [5.74, 6) is 0.658. The van der Waals surface area contributed by atoms with Crippen molar-refractivity contribution in [3.05, 3.63) is 54.1 Å².